The number of H-pyrrole nitrogens is 1. The van der Waals surface area contributed by atoms with E-state index in [0.29, 0.717) is 19.6 Å². The van der Waals surface area contributed by atoms with Gasteiger partial charge in [-0.25, -0.2) is 4.79 Å². The number of aliphatic hydroxyl groups excluding tert-OH is 1. The summed E-state index contributed by atoms with van der Waals surface area (Å²) in [6.45, 7) is 12.0. The molecule has 0 spiro atoms. The van der Waals surface area contributed by atoms with Gasteiger partial charge in [-0.3, -0.25) is 0 Å². The number of aliphatic hydroxyl groups is 1. The molecule has 0 bridgehead atoms. The molecule has 1 fully saturated rings. The van der Waals surface area contributed by atoms with Crippen LogP contribution < -0.4 is 5.32 Å². The topological polar surface area (TPSA) is 97.4 Å². The number of aromatic amines is 1. The van der Waals surface area contributed by atoms with Gasteiger partial charge in [-0.15, -0.1) is 10.2 Å². The maximum Gasteiger partial charge on any atom is 0.320 e. The molecular formula is C16H30N6O2. The number of urea groups is 1. The highest BCUT2D eigenvalue weighted by Gasteiger charge is 2.43. The first-order chi connectivity index (χ1) is 11.1. The molecule has 2 heterocycles. The van der Waals surface area contributed by atoms with E-state index in [2.05, 4.69) is 34.3 Å². The van der Waals surface area contributed by atoms with Crippen LogP contribution in [0.1, 0.15) is 46.9 Å². The second kappa shape index (κ2) is 7.06. The average Bonchev–Trinajstić information content (AvgIpc) is 3.07. The van der Waals surface area contributed by atoms with Gasteiger partial charge in [0.25, 0.3) is 0 Å². The molecule has 0 aliphatic carbocycles. The van der Waals surface area contributed by atoms with Gasteiger partial charge < -0.3 is 25.2 Å². The number of hydrogen-bond acceptors (Lipinski definition) is 5. The minimum atomic E-state index is -0.225. The normalized spacial score (nSPS) is 19.4. The van der Waals surface area contributed by atoms with Gasteiger partial charge in [-0.2, -0.15) is 0 Å². The van der Waals surface area contributed by atoms with E-state index < -0.39 is 0 Å². The van der Waals surface area contributed by atoms with Gasteiger partial charge in [-0.1, -0.05) is 0 Å². The van der Waals surface area contributed by atoms with Crippen LogP contribution in [0.4, 0.5) is 4.79 Å². The van der Waals surface area contributed by atoms with E-state index in [1.54, 1.807) is 11.2 Å². The molecule has 2 rings (SSSR count). The zero-order chi connectivity index (χ0) is 18.0. The molecule has 1 aromatic rings. The lowest BCUT2D eigenvalue weighted by atomic mass is 9.94. The van der Waals surface area contributed by atoms with Gasteiger partial charge in [0.15, 0.2) is 0 Å². The first-order valence-corrected chi connectivity index (χ1v) is 8.43. The van der Waals surface area contributed by atoms with Crippen LogP contribution in [-0.2, 0) is 6.54 Å². The van der Waals surface area contributed by atoms with Crippen molar-refractivity contribution in [1.82, 2.24) is 30.3 Å². The lowest BCUT2D eigenvalue weighted by Crippen LogP contribution is -2.46. The van der Waals surface area contributed by atoms with Crippen molar-refractivity contribution in [3.05, 3.63) is 12.2 Å². The third kappa shape index (κ3) is 4.45. The Hall–Kier alpha value is -1.67. The SMILES string of the molecule is CC(C)(CC1CN(C(C)(C)C)C(=O)N1CCO)NCc1nnc[nH]1. The van der Waals surface area contributed by atoms with Gasteiger partial charge in [0.1, 0.15) is 12.2 Å². The summed E-state index contributed by atoms with van der Waals surface area (Å²) in [7, 11) is 0. The quantitative estimate of drug-likeness (QED) is 0.688. The molecule has 1 unspecified atom stereocenters. The zero-order valence-electron chi connectivity index (χ0n) is 15.3. The van der Waals surface area contributed by atoms with Crippen molar-refractivity contribution in [3.63, 3.8) is 0 Å². The molecule has 1 aliphatic heterocycles. The second-order valence-corrected chi connectivity index (χ2v) is 8.01. The minimum absolute atomic E-state index is 0.00702. The first-order valence-electron chi connectivity index (χ1n) is 8.43. The number of rotatable bonds is 7. The molecule has 24 heavy (non-hydrogen) atoms. The van der Waals surface area contributed by atoms with E-state index in [9.17, 15) is 9.90 Å². The Morgan fingerprint density at radius 3 is 2.62 bits per heavy atom. The fraction of sp³-hybridized carbons (Fsp3) is 0.812. The Morgan fingerprint density at radius 1 is 1.38 bits per heavy atom. The fourth-order valence-electron chi connectivity index (χ4n) is 3.12. The Bertz CT molecular complexity index is 537. The standard InChI is InChI=1S/C16H30N6O2/c1-15(2,3)22-10-12(21(6-7-23)14(22)24)8-16(4,5)18-9-13-17-11-19-20-13/h11-12,18,23H,6-10H2,1-5H3,(H,17,19,20). The average molecular weight is 338 g/mol. The Kier molecular flexibility index (Phi) is 5.49. The number of carbonyl (C=O) groups is 1. The number of hydrogen-bond donors (Lipinski definition) is 3. The minimum Gasteiger partial charge on any atom is -0.395 e. The summed E-state index contributed by atoms with van der Waals surface area (Å²) >= 11 is 0. The fourth-order valence-corrected chi connectivity index (χ4v) is 3.12. The predicted molar refractivity (Wildman–Crippen MR) is 91.4 cm³/mol. The zero-order valence-corrected chi connectivity index (χ0v) is 15.3. The van der Waals surface area contributed by atoms with E-state index in [0.717, 1.165) is 12.2 Å². The summed E-state index contributed by atoms with van der Waals surface area (Å²) < 4.78 is 0. The Labute approximate surface area is 143 Å². The van der Waals surface area contributed by atoms with E-state index in [4.69, 9.17) is 0 Å². The number of amides is 2. The number of nitrogens with one attached hydrogen (secondary N) is 2. The molecule has 3 N–H and O–H groups in total. The Morgan fingerprint density at radius 2 is 2.08 bits per heavy atom. The molecule has 1 atom stereocenters. The molecule has 8 heteroatoms. The summed E-state index contributed by atoms with van der Waals surface area (Å²) in [5, 5.41) is 20.6. The molecule has 0 radical (unpaired) electrons. The van der Waals surface area contributed by atoms with E-state index in [1.165, 1.54) is 0 Å². The number of nitrogens with zero attached hydrogens (tertiary/aromatic N) is 4. The van der Waals surface area contributed by atoms with Crippen LogP contribution in [0, 0.1) is 0 Å². The van der Waals surface area contributed by atoms with Gasteiger partial charge >= 0.3 is 6.03 Å². The van der Waals surface area contributed by atoms with Crippen LogP contribution in [0.15, 0.2) is 6.33 Å². The van der Waals surface area contributed by atoms with Crippen LogP contribution in [0.2, 0.25) is 0 Å². The summed E-state index contributed by atoms with van der Waals surface area (Å²) in [4.78, 5) is 19.3. The highest BCUT2D eigenvalue weighted by Crippen LogP contribution is 2.28. The summed E-state index contributed by atoms with van der Waals surface area (Å²) in [5.74, 6) is 0.786. The van der Waals surface area contributed by atoms with Crippen LogP contribution in [0.25, 0.3) is 0 Å². The number of carbonyl (C=O) groups excluding carboxylic acids is 1. The summed E-state index contributed by atoms with van der Waals surface area (Å²) in [6, 6.07) is 0.0775. The molecule has 0 aromatic carbocycles. The predicted octanol–water partition coefficient (Wildman–Crippen LogP) is 0.960. The van der Waals surface area contributed by atoms with Crippen molar-refractivity contribution in [2.45, 2.75) is 64.7 Å². The highest BCUT2D eigenvalue weighted by atomic mass is 16.3. The molecular weight excluding hydrogens is 308 g/mol. The van der Waals surface area contributed by atoms with Crippen LogP contribution in [0.3, 0.4) is 0 Å². The van der Waals surface area contributed by atoms with Crippen molar-refractivity contribution < 1.29 is 9.90 Å². The van der Waals surface area contributed by atoms with E-state index >= 15 is 0 Å². The maximum atomic E-state index is 12.7. The number of β-amino-alcohol motifs (C(OH)–C–C–N with tert-alkyl or cyclic N) is 1. The van der Waals surface area contributed by atoms with Crippen molar-refractivity contribution in [2.24, 2.45) is 0 Å². The molecule has 136 valence electrons. The highest BCUT2D eigenvalue weighted by molar-refractivity contribution is 5.78. The lowest BCUT2D eigenvalue weighted by molar-refractivity contribution is 0.145. The van der Waals surface area contributed by atoms with Gasteiger partial charge in [0.05, 0.1) is 19.2 Å². The van der Waals surface area contributed by atoms with Crippen molar-refractivity contribution in [2.75, 3.05) is 19.7 Å². The second-order valence-electron chi connectivity index (χ2n) is 8.01. The molecule has 2 amide bonds. The smallest absolute Gasteiger partial charge is 0.320 e. The largest absolute Gasteiger partial charge is 0.395 e. The van der Waals surface area contributed by atoms with Crippen molar-refractivity contribution in [1.29, 1.82) is 0 Å². The van der Waals surface area contributed by atoms with Crippen LogP contribution in [-0.4, -0.2) is 72.9 Å². The number of aromatic nitrogens is 3. The lowest BCUT2D eigenvalue weighted by Gasteiger charge is -2.32. The van der Waals surface area contributed by atoms with Gasteiger partial charge in [-0.05, 0) is 41.0 Å². The van der Waals surface area contributed by atoms with E-state index in [-0.39, 0.29) is 29.8 Å². The van der Waals surface area contributed by atoms with Crippen molar-refractivity contribution >= 4 is 6.03 Å². The van der Waals surface area contributed by atoms with Crippen LogP contribution in [0.5, 0.6) is 0 Å². The van der Waals surface area contributed by atoms with Gasteiger partial charge in [0.2, 0.25) is 0 Å². The third-order valence-corrected chi connectivity index (χ3v) is 4.41. The third-order valence-electron chi connectivity index (χ3n) is 4.41. The Balaban J connectivity index is 2.03. The molecule has 0 saturated carbocycles. The molecule has 8 nitrogen and oxygen atoms in total. The van der Waals surface area contributed by atoms with E-state index in [1.807, 2.05) is 25.7 Å². The monoisotopic (exact) mass is 338 g/mol. The van der Waals surface area contributed by atoms with Gasteiger partial charge in [0, 0.05) is 24.2 Å². The summed E-state index contributed by atoms with van der Waals surface area (Å²) in [5.41, 5.74) is -0.406. The molecule has 1 aromatic heterocycles. The molecule has 1 aliphatic rings. The van der Waals surface area contributed by atoms with Crippen LogP contribution >= 0.6 is 0 Å². The molecule has 1 saturated heterocycles. The first kappa shape index (κ1) is 18.7. The summed E-state index contributed by atoms with van der Waals surface area (Å²) in [6.07, 6.45) is 2.35. The maximum absolute atomic E-state index is 12.7. The van der Waals surface area contributed by atoms with Crippen molar-refractivity contribution in [3.8, 4) is 0 Å².